The highest BCUT2D eigenvalue weighted by Crippen LogP contribution is 2.25. The van der Waals surface area contributed by atoms with Crippen molar-refractivity contribution in [3.63, 3.8) is 0 Å². The second kappa shape index (κ2) is 5.80. The maximum absolute atomic E-state index is 12.3. The van der Waals surface area contributed by atoms with E-state index in [9.17, 15) is 15.0 Å². The van der Waals surface area contributed by atoms with Crippen molar-refractivity contribution >= 4 is 28.8 Å². The number of phenols is 2. The predicted octanol–water partition coefficient (Wildman–Crippen LogP) is 2.01. The number of hydrogen-bond donors (Lipinski definition) is 3. The van der Waals surface area contributed by atoms with E-state index in [1.54, 1.807) is 31.3 Å². The molecule has 0 spiro atoms. The molecule has 0 heterocycles. The lowest BCUT2D eigenvalue weighted by atomic mass is 10.1. The molecule has 0 saturated carbocycles. The molecule has 4 N–H and O–H groups in total. The molecule has 2 aromatic carbocycles. The van der Waals surface area contributed by atoms with Crippen LogP contribution < -0.4 is 10.6 Å². The third-order valence-corrected chi connectivity index (χ3v) is 3.29. The third kappa shape index (κ3) is 3.11. The maximum Gasteiger partial charge on any atom is 0.261 e. The van der Waals surface area contributed by atoms with Crippen LogP contribution in [0.15, 0.2) is 42.5 Å². The number of carbonyl (C=O) groups is 1. The standard InChI is InChI=1S/C15H14N2O3S/c1-17(10-4-2-9(3-5-10)14(16)21)15(20)12-8-11(18)6-7-13(12)19/h2-8,18-19H,1H3,(H2,16,21). The Labute approximate surface area is 127 Å². The van der Waals surface area contributed by atoms with Gasteiger partial charge in [-0.2, -0.15) is 0 Å². The lowest BCUT2D eigenvalue weighted by molar-refractivity contribution is 0.0990. The molecule has 1 amide bonds. The van der Waals surface area contributed by atoms with E-state index in [4.69, 9.17) is 18.0 Å². The lowest BCUT2D eigenvalue weighted by Crippen LogP contribution is -2.26. The van der Waals surface area contributed by atoms with Gasteiger partial charge in [0.15, 0.2) is 0 Å². The van der Waals surface area contributed by atoms with Crippen molar-refractivity contribution < 1.29 is 15.0 Å². The SMILES string of the molecule is CN(C(=O)c1cc(O)ccc1O)c1ccc(C(N)=S)cc1. The van der Waals surface area contributed by atoms with Crippen LogP contribution in [0.2, 0.25) is 0 Å². The van der Waals surface area contributed by atoms with Crippen LogP contribution in [0, 0.1) is 0 Å². The van der Waals surface area contributed by atoms with E-state index in [0.29, 0.717) is 11.3 Å². The zero-order valence-corrected chi connectivity index (χ0v) is 12.1. The monoisotopic (exact) mass is 302 g/mol. The van der Waals surface area contributed by atoms with Crippen molar-refractivity contribution in [2.75, 3.05) is 11.9 Å². The highest BCUT2D eigenvalue weighted by molar-refractivity contribution is 7.80. The van der Waals surface area contributed by atoms with Crippen molar-refractivity contribution in [3.8, 4) is 11.5 Å². The Morgan fingerprint density at radius 1 is 1.14 bits per heavy atom. The summed E-state index contributed by atoms with van der Waals surface area (Å²) in [5.41, 5.74) is 6.86. The van der Waals surface area contributed by atoms with Crippen LogP contribution in [0.1, 0.15) is 15.9 Å². The zero-order valence-electron chi connectivity index (χ0n) is 11.3. The van der Waals surface area contributed by atoms with Crippen molar-refractivity contribution in [2.24, 2.45) is 5.73 Å². The Kier molecular flexibility index (Phi) is 4.09. The number of phenolic OH excluding ortho intramolecular Hbond substituents is 2. The molecule has 0 radical (unpaired) electrons. The van der Waals surface area contributed by atoms with Gasteiger partial charge in [-0.3, -0.25) is 4.79 Å². The quantitative estimate of drug-likeness (QED) is 0.596. The van der Waals surface area contributed by atoms with Crippen molar-refractivity contribution in [2.45, 2.75) is 0 Å². The topological polar surface area (TPSA) is 86.8 Å². The number of rotatable bonds is 3. The molecule has 108 valence electrons. The number of nitrogens with two attached hydrogens (primary N) is 1. The first-order valence-corrected chi connectivity index (χ1v) is 6.51. The van der Waals surface area contributed by atoms with Crippen molar-refractivity contribution in [1.82, 2.24) is 0 Å². The first-order valence-electron chi connectivity index (χ1n) is 6.10. The van der Waals surface area contributed by atoms with E-state index >= 15 is 0 Å². The Balaban J connectivity index is 2.30. The molecule has 0 aliphatic heterocycles. The minimum Gasteiger partial charge on any atom is -0.508 e. The fourth-order valence-electron chi connectivity index (χ4n) is 1.84. The van der Waals surface area contributed by atoms with E-state index in [0.717, 1.165) is 0 Å². The number of nitrogens with zero attached hydrogens (tertiary/aromatic N) is 1. The number of hydrogen-bond acceptors (Lipinski definition) is 4. The van der Waals surface area contributed by atoms with Gasteiger partial charge in [-0.05, 0) is 42.5 Å². The van der Waals surface area contributed by atoms with Gasteiger partial charge in [0.25, 0.3) is 5.91 Å². The highest BCUT2D eigenvalue weighted by atomic mass is 32.1. The van der Waals surface area contributed by atoms with Gasteiger partial charge in [-0.15, -0.1) is 0 Å². The molecule has 2 rings (SSSR count). The van der Waals surface area contributed by atoms with E-state index in [2.05, 4.69) is 0 Å². The summed E-state index contributed by atoms with van der Waals surface area (Å²) in [5, 5.41) is 19.2. The van der Waals surface area contributed by atoms with E-state index in [1.165, 1.54) is 23.1 Å². The fraction of sp³-hybridized carbons (Fsp3) is 0.0667. The summed E-state index contributed by atoms with van der Waals surface area (Å²) in [4.78, 5) is 14.0. The molecule has 0 aliphatic carbocycles. The van der Waals surface area contributed by atoms with Gasteiger partial charge >= 0.3 is 0 Å². The molecule has 0 saturated heterocycles. The largest absolute Gasteiger partial charge is 0.508 e. The molecule has 2 aromatic rings. The van der Waals surface area contributed by atoms with Crippen LogP contribution in [0.25, 0.3) is 0 Å². The van der Waals surface area contributed by atoms with Crippen LogP contribution in [-0.4, -0.2) is 28.2 Å². The van der Waals surface area contributed by atoms with Gasteiger partial charge in [0, 0.05) is 18.3 Å². The summed E-state index contributed by atoms with van der Waals surface area (Å²) < 4.78 is 0. The molecular formula is C15H14N2O3S. The minimum atomic E-state index is -0.438. The van der Waals surface area contributed by atoms with Crippen LogP contribution in [0.5, 0.6) is 11.5 Å². The molecule has 0 aromatic heterocycles. The number of anilines is 1. The molecule has 0 atom stereocenters. The van der Waals surface area contributed by atoms with Crippen LogP contribution in [-0.2, 0) is 0 Å². The first kappa shape index (κ1) is 14.8. The summed E-state index contributed by atoms with van der Waals surface area (Å²) in [5.74, 6) is -0.718. The normalized spacial score (nSPS) is 10.1. The molecular weight excluding hydrogens is 288 g/mol. The fourth-order valence-corrected chi connectivity index (χ4v) is 1.98. The molecule has 0 aliphatic rings. The Bertz CT molecular complexity index is 699. The minimum absolute atomic E-state index is 0.0240. The van der Waals surface area contributed by atoms with Crippen LogP contribution >= 0.6 is 12.2 Å². The molecule has 0 bridgehead atoms. The van der Waals surface area contributed by atoms with Crippen LogP contribution in [0.3, 0.4) is 0 Å². The Morgan fingerprint density at radius 3 is 2.33 bits per heavy atom. The molecule has 6 heteroatoms. The van der Waals surface area contributed by atoms with Crippen molar-refractivity contribution in [1.29, 1.82) is 0 Å². The Hall–Kier alpha value is -2.60. The van der Waals surface area contributed by atoms with Gasteiger partial charge in [0.2, 0.25) is 0 Å². The molecule has 0 unspecified atom stereocenters. The van der Waals surface area contributed by atoms with E-state index in [1.807, 2.05) is 0 Å². The second-order valence-electron chi connectivity index (χ2n) is 4.48. The molecule has 0 fully saturated rings. The number of thiocarbonyl (C=S) groups is 1. The lowest BCUT2D eigenvalue weighted by Gasteiger charge is -2.18. The number of benzene rings is 2. The van der Waals surface area contributed by atoms with E-state index < -0.39 is 5.91 Å². The van der Waals surface area contributed by atoms with Crippen LogP contribution in [0.4, 0.5) is 5.69 Å². The molecule has 21 heavy (non-hydrogen) atoms. The summed E-state index contributed by atoms with van der Waals surface area (Å²) >= 11 is 4.87. The van der Waals surface area contributed by atoms with Gasteiger partial charge in [-0.25, -0.2) is 0 Å². The van der Waals surface area contributed by atoms with Gasteiger partial charge in [0.1, 0.15) is 16.5 Å². The van der Waals surface area contributed by atoms with Gasteiger partial charge in [0.05, 0.1) is 5.56 Å². The maximum atomic E-state index is 12.3. The number of aromatic hydroxyl groups is 2. The van der Waals surface area contributed by atoms with Gasteiger partial charge < -0.3 is 20.8 Å². The number of carbonyl (C=O) groups excluding carboxylic acids is 1. The Morgan fingerprint density at radius 2 is 1.76 bits per heavy atom. The summed E-state index contributed by atoms with van der Waals surface area (Å²) in [6.45, 7) is 0. The summed E-state index contributed by atoms with van der Waals surface area (Å²) in [7, 11) is 1.57. The second-order valence-corrected chi connectivity index (χ2v) is 4.92. The average molecular weight is 302 g/mol. The number of amides is 1. The molecule has 5 nitrogen and oxygen atoms in total. The smallest absolute Gasteiger partial charge is 0.261 e. The van der Waals surface area contributed by atoms with Crippen molar-refractivity contribution in [3.05, 3.63) is 53.6 Å². The predicted molar refractivity (Wildman–Crippen MR) is 84.8 cm³/mol. The zero-order chi connectivity index (χ0) is 15.6. The third-order valence-electron chi connectivity index (χ3n) is 3.05. The average Bonchev–Trinajstić information content (AvgIpc) is 2.48. The summed E-state index contributed by atoms with van der Waals surface area (Å²) in [6, 6.07) is 10.6. The summed E-state index contributed by atoms with van der Waals surface area (Å²) in [6.07, 6.45) is 0. The van der Waals surface area contributed by atoms with E-state index in [-0.39, 0.29) is 22.1 Å². The first-order chi connectivity index (χ1) is 9.90. The highest BCUT2D eigenvalue weighted by Gasteiger charge is 2.17. The van der Waals surface area contributed by atoms with Gasteiger partial charge in [-0.1, -0.05) is 12.2 Å².